The van der Waals surface area contributed by atoms with Crippen LogP contribution in [0.4, 0.5) is 5.69 Å². The third kappa shape index (κ3) is 5.19. The quantitative estimate of drug-likeness (QED) is 0.547. The Balaban J connectivity index is 1.39. The standard InChI is InChI=1S/C26H28N4O3/c1-3-20-4-6-22(7-5-20)24-12-13-25(32)30(27-24)18-26(33)29-16-14-28(15-17-29)23-10-8-21(9-11-23)19(2)31/h4-13H,3,14-18H2,1-2H3. The van der Waals surface area contributed by atoms with Gasteiger partial charge in [-0.2, -0.15) is 5.10 Å². The van der Waals surface area contributed by atoms with E-state index in [1.54, 1.807) is 17.9 Å². The summed E-state index contributed by atoms with van der Waals surface area (Å²) in [4.78, 5) is 40.6. The third-order valence-corrected chi connectivity index (χ3v) is 6.08. The van der Waals surface area contributed by atoms with Crippen LogP contribution in [0.5, 0.6) is 0 Å². The van der Waals surface area contributed by atoms with E-state index >= 15 is 0 Å². The molecule has 0 radical (unpaired) electrons. The molecule has 1 aliphatic heterocycles. The van der Waals surface area contributed by atoms with Crippen molar-refractivity contribution in [3.63, 3.8) is 0 Å². The summed E-state index contributed by atoms with van der Waals surface area (Å²) in [5.41, 5.74) is 4.25. The Morgan fingerprint density at radius 1 is 0.879 bits per heavy atom. The van der Waals surface area contributed by atoms with Crippen molar-refractivity contribution in [3.8, 4) is 11.3 Å². The van der Waals surface area contributed by atoms with E-state index in [1.165, 1.54) is 16.3 Å². The molecule has 1 fully saturated rings. The molecular weight excluding hydrogens is 416 g/mol. The number of anilines is 1. The predicted octanol–water partition coefficient (Wildman–Crippen LogP) is 3.02. The molecule has 4 rings (SSSR count). The summed E-state index contributed by atoms with van der Waals surface area (Å²) in [6.45, 7) is 6.10. The van der Waals surface area contributed by atoms with Crippen LogP contribution in [0.2, 0.25) is 0 Å². The number of aryl methyl sites for hydroxylation is 1. The van der Waals surface area contributed by atoms with Crippen LogP contribution in [0.3, 0.4) is 0 Å². The number of nitrogens with zero attached hydrogens (tertiary/aromatic N) is 4. The van der Waals surface area contributed by atoms with Crippen molar-refractivity contribution in [1.29, 1.82) is 0 Å². The second-order valence-corrected chi connectivity index (χ2v) is 8.24. The first-order valence-electron chi connectivity index (χ1n) is 11.3. The molecule has 2 heterocycles. The second kappa shape index (κ2) is 9.81. The van der Waals surface area contributed by atoms with E-state index in [2.05, 4.69) is 16.9 Å². The van der Waals surface area contributed by atoms with Gasteiger partial charge in [0.15, 0.2) is 5.78 Å². The fourth-order valence-corrected chi connectivity index (χ4v) is 3.98. The molecule has 7 heteroatoms. The number of Topliss-reactive ketones (excluding diaryl/α,β-unsaturated/α-hetero) is 1. The van der Waals surface area contributed by atoms with Gasteiger partial charge in [-0.3, -0.25) is 14.4 Å². The SMILES string of the molecule is CCc1ccc(-c2ccc(=O)n(CC(=O)N3CCN(c4ccc(C(C)=O)cc4)CC3)n2)cc1. The number of amides is 1. The second-order valence-electron chi connectivity index (χ2n) is 8.24. The molecule has 1 aromatic heterocycles. The van der Waals surface area contributed by atoms with Crippen molar-refractivity contribution < 1.29 is 9.59 Å². The van der Waals surface area contributed by atoms with Crippen molar-refractivity contribution in [3.05, 3.63) is 82.1 Å². The summed E-state index contributed by atoms with van der Waals surface area (Å²) >= 11 is 0. The number of benzene rings is 2. The van der Waals surface area contributed by atoms with E-state index in [1.807, 2.05) is 48.5 Å². The molecule has 2 aromatic carbocycles. The highest BCUT2D eigenvalue weighted by Crippen LogP contribution is 2.19. The van der Waals surface area contributed by atoms with E-state index in [0.29, 0.717) is 37.4 Å². The third-order valence-electron chi connectivity index (χ3n) is 6.08. The molecule has 0 saturated carbocycles. The van der Waals surface area contributed by atoms with Crippen LogP contribution in [0.15, 0.2) is 65.5 Å². The van der Waals surface area contributed by atoms with Crippen LogP contribution < -0.4 is 10.5 Å². The highest BCUT2D eigenvalue weighted by Gasteiger charge is 2.22. The zero-order chi connectivity index (χ0) is 23.4. The van der Waals surface area contributed by atoms with Crippen LogP contribution in [-0.4, -0.2) is 52.5 Å². The summed E-state index contributed by atoms with van der Waals surface area (Å²) < 4.78 is 1.25. The lowest BCUT2D eigenvalue weighted by molar-refractivity contribution is -0.132. The first-order chi connectivity index (χ1) is 15.9. The molecule has 1 aliphatic rings. The zero-order valence-electron chi connectivity index (χ0n) is 19.0. The molecule has 0 atom stereocenters. The smallest absolute Gasteiger partial charge is 0.267 e. The van der Waals surface area contributed by atoms with Crippen LogP contribution in [0.1, 0.15) is 29.8 Å². The lowest BCUT2D eigenvalue weighted by atomic mass is 10.1. The molecule has 33 heavy (non-hydrogen) atoms. The summed E-state index contributed by atoms with van der Waals surface area (Å²) in [5, 5.41) is 4.44. The van der Waals surface area contributed by atoms with E-state index in [4.69, 9.17) is 0 Å². The van der Waals surface area contributed by atoms with Crippen molar-refractivity contribution in [1.82, 2.24) is 14.7 Å². The van der Waals surface area contributed by atoms with E-state index < -0.39 is 0 Å². The molecule has 1 saturated heterocycles. The van der Waals surface area contributed by atoms with Gasteiger partial charge in [-0.1, -0.05) is 31.2 Å². The van der Waals surface area contributed by atoms with E-state index in [9.17, 15) is 14.4 Å². The van der Waals surface area contributed by atoms with Gasteiger partial charge in [0.25, 0.3) is 5.56 Å². The largest absolute Gasteiger partial charge is 0.368 e. The number of ketones is 1. The van der Waals surface area contributed by atoms with Gasteiger partial charge in [0, 0.05) is 49.1 Å². The maximum Gasteiger partial charge on any atom is 0.267 e. The van der Waals surface area contributed by atoms with Gasteiger partial charge in [0.05, 0.1) is 5.69 Å². The number of carbonyl (C=O) groups excluding carboxylic acids is 2. The van der Waals surface area contributed by atoms with Gasteiger partial charge >= 0.3 is 0 Å². The molecule has 0 aliphatic carbocycles. The van der Waals surface area contributed by atoms with Gasteiger partial charge < -0.3 is 9.80 Å². The average molecular weight is 445 g/mol. The van der Waals surface area contributed by atoms with Crippen LogP contribution in [0, 0.1) is 0 Å². The first kappa shape index (κ1) is 22.5. The molecule has 7 nitrogen and oxygen atoms in total. The highest BCUT2D eigenvalue weighted by molar-refractivity contribution is 5.94. The predicted molar refractivity (Wildman–Crippen MR) is 129 cm³/mol. The van der Waals surface area contributed by atoms with Gasteiger partial charge in [-0.25, -0.2) is 4.68 Å². The number of carbonyl (C=O) groups is 2. The Morgan fingerprint density at radius 3 is 2.15 bits per heavy atom. The minimum absolute atomic E-state index is 0.0443. The summed E-state index contributed by atoms with van der Waals surface area (Å²) in [5.74, 6) is -0.0717. The maximum atomic E-state index is 12.9. The number of aromatic nitrogens is 2. The Hall–Kier alpha value is -3.74. The van der Waals surface area contributed by atoms with Crippen molar-refractivity contribution in [2.75, 3.05) is 31.1 Å². The molecule has 0 N–H and O–H groups in total. The lowest BCUT2D eigenvalue weighted by Crippen LogP contribution is -2.50. The maximum absolute atomic E-state index is 12.9. The molecule has 1 amide bonds. The lowest BCUT2D eigenvalue weighted by Gasteiger charge is -2.36. The van der Waals surface area contributed by atoms with Crippen LogP contribution in [0.25, 0.3) is 11.3 Å². The number of hydrogen-bond donors (Lipinski definition) is 0. The average Bonchev–Trinajstić information content (AvgIpc) is 2.85. The Labute approximate surface area is 193 Å². The van der Waals surface area contributed by atoms with Crippen molar-refractivity contribution in [2.45, 2.75) is 26.8 Å². The fourth-order valence-electron chi connectivity index (χ4n) is 3.98. The first-order valence-corrected chi connectivity index (χ1v) is 11.3. The Kier molecular flexibility index (Phi) is 6.68. The van der Waals surface area contributed by atoms with Crippen LogP contribution in [-0.2, 0) is 17.8 Å². The van der Waals surface area contributed by atoms with Gasteiger partial charge in [-0.15, -0.1) is 0 Å². The monoisotopic (exact) mass is 444 g/mol. The number of hydrogen-bond acceptors (Lipinski definition) is 5. The number of rotatable bonds is 6. The van der Waals surface area contributed by atoms with Gasteiger partial charge in [-0.05, 0) is 49.2 Å². The molecule has 170 valence electrons. The summed E-state index contributed by atoms with van der Waals surface area (Å²) in [7, 11) is 0. The fraction of sp³-hybridized carbons (Fsp3) is 0.308. The van der Waals surface area contributed by atoms with E-state index in [0.717, 1.165) is 17.7 Å². The van der Waals surface area contributed by atoms with Crippen molar-refractivity contribution in [2.24, 2.45) is 0 Å². The highest BCUT2D eigenvalue weighted by atomic mass is 16.2. The molecule has 0 unspecified atom stereocenters. The van der Waals surface area contributed by atoms with Crippen LogP contribution >= 0.6 is 0 Å². The minimum atomic E-state index is -0.290. The summed E-state index contributed by atoms with van der Waals surface area (Å²) in [6, 6.07) is 18.8. The zero-order valence-corrected chi connectivity index (χ0v) is 19.0. The van der Waals surface area contributed by atoms with E-state index in [-0.39, 0.29) is 23.8 Å². The molecule has 3 aromatic rings. The summed E-state index contributed by atoms with van der Waals surface area (Å²) in [6.07, 6.45) is 0.957. The number of piperazine rings is 1. The Morgan fingerprint density at radius 2 is 1.55 bits per heavy atom. The normalized spacial score (nSPS) is 13.8. The molecular formula is C26H28N4O3. The van der Waals surface area contributed by atoms with Gasteiger partial charge in [0.1, 0.15) is 6.54 Å². The topological polar surface area (TPSA) is 75.5 Å². The molecule has 0 bridgehead atoms. The van der Waals surface area contributed by atoms with Crippen molar-refractivity contribution >= 4 is 17.4 Å². The van der Waals surface area contributed by atoms with Gasteiger partial charge in [0.2, 0.25) is 5.91 Å². The minimum Gasteiger partial charge on any atom is -0.368 e. The Bertz CT molecular complexity index is 1190. The molecule has 0 spiro atoms.